The molecule has 1 aromatic carbocycles. The highest BCUT2D eigenvalue weighted by Crippen LogP contribution is 2.32. The van der Waals surface area contributed by atoms with Crippen LogP contribution in [0.3, 0.4) is 0 Å². The standard InChI is InChI=1S/C15H16ClIN2O2/c1-3-5-10-13(17)14(16)19-15(18-10)9-6-7-11(20)12(8-9)21-4-2/h6-8,20H,3-5H2,1-2H3. The van der Waals surface area contributed by atoms with Gasteiger partial charge in [-0.25, -0.2) is 9.97 Å². The molecule has 0 unspecified atom stereocenters. The van der Waals surface area contributed by atoms with Gasteiger partial charge in [0.15, 0.2) is 17.3 Å². The molecule has 6 heteroatoms. The second kappa shape index (κ2) is 7.26. The third-order valence-corrected chi connectivity index (χ3v) is 4.61. The first-order valence-corrected chi connectivity index (χ1v) is 8.20. The Kier molecular flexibility index (Phi) is 5.64. The van der Waals surface area contributed by atoms with E-state index >= 15 is 0 Å². The van der Waals surface area contributed by atoms with E-state index in [2.05, 4.69) is 39.5 Å². The molecule has 0 radical (unpaired) electrons. The van der Waals surface area contributed by atoms with E-state index in [1.165, 1.54) is 0 Å². The van der Waals surface area contributed by atoms with Crippen LogP contribution >= 0.6 is 34.2 Å². The number of halogens is 2. The summed E-state index contributed by atoms with van der Waals surface area (Å²) in [5.74, 6) is 1.07. The van der Waals surface area contributed by atoms with Crippen molar-refractivity contribution >= 4 is 34.2 Å². The molecule has 0 aliphatic heterocycles. The van der Waals surface area contributed by atoms with Crippen LogP contribution in [-0.4, -0.2) is 21.7 Å². The lowest BCUT2D eigenvalue weighted by atomic mass is 10.1. The number of aryl methyl sites for hydroxylation is 1. The third kappa shape index (κ3) is 3.77. The minimum Gasteiger partial charge on any atom is -0.504 e. The van der Waals surface area contributed by atoms with Crippen LogP contribution in [0.15, 0.2) is 18.2 Å². The number of phenols is 1. The smallest absolute Gasteiger partial charge is 0.161 e. The van der Waals surface area contributed by atoms with Gasteiger partial charge in [0, 0.05) is 5.56 Å². The molecule has 2 aromatic rings. The predicted octanol–water partition coefficient (Wildman–Crippen LogP) is 4.46. The fourth-order valence-electron chi connectivity index (χ4n) is 1.92. The average Bonchev–Trinajstić information content (AvgIpc) is 2.46. The zero-order valence-electron chi connectivity index (χ0n) is 11.9. The Balaban J connectivity index is 2.48. The summed E-state index contributed by atoms with van der Waals surface area (Å²) >= 11 is 8.37. The summed E-state index contributed by atoms with van der Waals surface area (Å²) in [6.45, 7) is 4.44. The molecule has 0 saturated heterocycles. The van der Waals surface area contributed by atoms with Gasteiger partial charge in [0.25, 0.3) is 0 Å². The molecule has 0 aliphatic rings. The minimum absolute atomic E-state index is 0.103. The van der Waals surface area contributed by atoms with E-state index in [4.69, 9.17) is 16.3 Å². The molecular formula is C15H16ClIN2O2. The summed E-state index contributed by atoms with van der Waals surface area (Å²) in [5.41, 5.74) is 1.71. The van der Waals surface area contributed by atoms with Crippen molar-refractivity contribution in [3.8, 4) is 22.9 Å². The highest BCUT2D eigenvalue weighted by Gasteiger charge is 2.13. The largest absolute Gasteiger partial charge is 0.504 e. The Morgan fingerprint density at radius 2 is 2.05 bits per heavy atom. The van der Waals surface area contributed by atoms with Crippen molar-refractivity contribution in [2.45, 2.75) is 26.7 Å². The molecule has 1 aromatic heterocycles. The molecule has 0 atom stereocenters. The second-order valence-corrected chi connectivity index (χ2v) is 5.90. The van der Waals surface area contributed by atoms with Crippen molar-refractivity contribution in [1.29, 1.82) is 0 Å². The van der Waals surface area contributed by atoms with Crippen molar-refractivity contribution in [2.75, 3.05) is 6.61 Å². The molecule has 21 heavy (non-hydrogen) atoms. The van der Waals surface area contributed by atoms with E-state index in [0.717, 1.165) is 27.7 Å². The zero-order chi connectivity index (χ0) is 15.4. The van der Waals surface area contributed by atoms with E-state index in [1.807, 2.05) is 6.92 Å². The molecule has 2 rings (SSSR count). The van der Waals surface area contributed by atoms with Crippen molar-refractivity contribution in [3.05, 3.63) is 32.6 Å². The highest BCUT2D eigenvalue weighted by molar-refractivity contribution is 14.1. The third-order valence-electron chi connectivity index (χ3n) is 2.88. The maximum atomic E-state index is 9.76. The number of aromatic nitrogens is 2. The molecule has 0 fully saturated rings. The van der Waals surface area contributed by atoms with Crippen molar-refractivity contribution in [1.82, 2.24) is 9.97 Å². The Hall–Kier alpha value is -1.08. The van der Waals surface area contributed by atoms with Gasteiger partial charge in [-0.2, -0.15) is 0 Å². The van der Waals surface area contributed by atoms with Crippen molar-refractivity contribution in [2.24, 2.45) is 0 Å². The first-order valence-electron chi connectivity index (χ1n) is 6.74. The van der Waals surface area contributed by atoms with E-state index in [9.17, 15) is 5.11 Å². The van der Waals surface area contributed by atoms with Gasteiger partial charge in [0.05, 0.1) is 15.9 Å². The summed E-state index contributed by atoms with van der Waals surface area (Å²) in [4.78, 5) is 8.91. The van der Waals surface area contributed by atoms with Gasteiger partial charge in [0.2, 0.25) is 0 Å². The first-order chi connectivity index (χ1) is 10.1. The van der Waals surface area contributed by atoms with Gasteiger partial charge in [-0.1, -0.05) is 24.9 Å². The van der Waals surface area contributed by atoms with Gasteiger partial charge in [-0.3, -0.25) is 0 Å². The van der Waals surface area contributed by atoms with Crippen LogP contribution in [0.25, 0.3) is 11.4 Å². The van der Waals surface area contributed by atoms with Crippen LogP contribution in [0.2, 0.25) is 5.15 Å². The number of hydrogen-bond donors (Lipinski definition) is 1. The van der Waals surface area contributed by atoms with Crippen LogP contribution in [0.1, 0.15) is 26.0 Å². The fourth-order valence-corrected chi connectivity index (χ4v) is 2.62. The summed E-state index contributed by atoms with van der Waals surface area (Å²) in [7, 11) is 0. The van der Waals surface area contributed by atoms with Gasteiger partial charge >= 0.3 is 0 Å². The van der Waals surface area contributed by atoms with Crippen LogP contribution in [-0.2, 0) is 6.42 Å². The SMILES string of the molecule is CCCc1nc(-c2ccc(O)c(OCC)c2)nc(Cl)c1I. The molecule has 0 spiro atoms. The number of phenolic OH excluding ortho intramolecular Hbond substituents is 1. The number of ether oxygens (including phenoxy) is 1. The molecule has 112 valence electrons. The van der Waals surface area contributed by atoms with Crippen LogP contribution in [0, 0.1) is 3.57 Å². The highest BCUT2D eigenvalue weighted by atomic mass is 127. The summed E-state index contributed by atoms with van der Waals surface area (Å²) < 4.78 is 6.28. The second-order valence-electron chi connectivity index (χ2n) is 4.46. The molecular weight excluding hydrogens is 403 g/mol. The molecule has 0 bridgehead atoms. The lowest BCUT2D eigenvalue weighted by Gasteiger charge is -2.10. The van der Waals surface area contributed by atoms with E-state index in [0.29, 0.717) is 23.3 Å². The number of hydrogen-bond acceptors (Lipinski definition) is 4. The number of aromatic hydroxyl groups is 1. The van der Waals surface area contributed by atoms with Gasteiger partial charge in [-0.05, 0) is 54.1 Å². The Morgan fingerprint density at radius 1 is 1.29 bits per heavy atom. The van der Waals surface area contributed by atoms with Crippen LogP contribution in [0.5, 0.6) is 11.5 Å². The molecule has 1 N–H and O–H groups in total. The number of benzene rings is 1. The average molecular weight is 419 g/mol. The van der Waals surface area contributed by atoms with Crippen molar-refractivity contribution in [3.63, 3.8) is 0 Å². The summed E-state index contributed by atoms with van der Waals surface area (Å²) in [6, 6.07) is 5.06. The lowest BCUT2D eigenvalue weighted by molar-refractivity contribution is 0.318. The molecule has 4 nitrogen and oxygen atoms in total. The van der Waals surface area contributed by atoms with Gasteiger partial charge < -0.3 is 9.84 Å². The monoisotopic (exact) mass is 418 g/mol. The fraction of sp³-hybridized carbons (Fsp3) is 0.333. The molecule has 0 amide bonds. The normalized spacial score (nSPS) is 10.7. The Bertz CT molecular complexity index is 650. The summed E-state index contributed by atoms with van der Waals surface area (Å²) in [6.07, 6.45) is 1.84. The minimum atomic E-state index is 0.103. The topological polar surface area (TPSA) is 55.2 Å². The Labute approximate surface area is 142 Å². The molecule has 1 heterocycles. The van der Waals surface area contributed by atoms with E-state index in [1.54, 1.807) is 18.2 Å². The summed E-state index contributed by atoms with van der Waals surface area (Å²) in [5, 5.41) is 10.2. The predicted molar refractivity (Wildman–Crippen MR) is 92.0 cm³/mol. The van der Waals surface area contributed by atoms with Gasteiger partial charge in [0.1, 0.15) is 5.15 Å². The molecule has 0 saturated carbocycles. The van der Waals surface area contributed by atoms with Crippen molar-refractivity contribution < 1.29 is 9.84 Å². The Morgan fingerprint density at radius 3 is 2.71 bits per heavy atom. The van der Waals surface area contributed by atoms with E-state index < -0.39 is 0 Å². The number of nitrogens with zero attached hydrogens (tertiary/aromatic N) is 2. The maximum absolute atomic E-state index is 9.76. The van der Waals surface area contributed by atoms with Crippen LogP contribution in [0.4, 0.5) is 0 Å². The zero-order valence-corrected chi connectivity index (χ0v) is 14.8. The van der Waals surface area contributed by atoms with E-state index in [-0.39, 0.29) is 5.75 Å². The molecule has 0 aliphatic carbocycles. The lowest BCUT2D eigenvalue weighted by Crippen LogP contribution is -2.01. The maximum Gasteiger partial charge on any atom is 0.161 e. The number of rotatable bonds is 5. The van der Waals surface area contributed by atoms with Crippen LogP contribution < -0.4 is 4.74 Å². The quantitative estimate of drug-likeness (QED) is 0.575. The van der Waals surface area contributed by atoms with Gasteiger partial charge in [-0.15, -0.1) is 0 Å². The first kappa shape index (κ1) is 16.3.